The zero-order valence-corrected chi connectivity index (χ0v) is 13.3. The molecule has 0 spiro atoms. The number of nitrogens with zero attached hydrogens (tertiary/aromatic N) is 3. The fraction of sp³-hybridized carbons (Fsp3) is 0.500. The van der Waals surface area contributed by atoms with Crippen LogP contribution in [0.5, 0.6) is 0 Å². The number of fused-ring (bicyclic) bond motifs is 1. The normalized spacial score (nSPS) is 14.7. The van der Waals surface area contributed by atoms with Crippen molar-refractivity contribution in [2.75, 3.05) is 6.54 Å². The molecule has 0 radical (unpaired) electrons. The van der Waals surface area contributed by atoms with Crippen LogP contribution in [0.3, 0.4) is 0 Å². The second-order valence-corrected chi connectivity index (χ2v) is 6.43. The molecule has 0 unspecified atom stereocenters. The first-order chi connectivity index (χ1) is 10.4. The Hall–Kier alpha value is -1.33. The molecule has 0 atom stereocenters. The zero-order chi connectivity index (χ0) is 14.5. The SMILES string of the molecule is CCNCc1ccc(Sc2nnc3n2CCCCC3)cc1. The minimum atomic E-state index is 0.932. The van der Waals surface area contributed by atoms with Crippen LogP contribution >= 0.6 is 11.8 Å². The van der Waals surface area contributed by atoms with E-state index in [0.717, 1.165) is 37.0 Å². The lowest BCUT2D eigenvalue weighted by atomic mass is 10.2. The van der Waals surface area contributed by atoms with Crippen molar-refractivity contribution in [2.24, 2.45) is 0 Å². The number of benzene rings is 1. The van der Waals surface area contributed by atoms with E-state index in [4.69, 9.17) is 0 Å². The first-order valence-corrected chi connectivity index (χ1v) is 8.58. The summed E-state index contributed by atoms with van der Waals surface area (Å²) in [5, 5.41) is 13.1. The first-order valence-electron chi connectivity index (χ1n) is 7.76. The molecule has 2 heterocycles. The van der Waals surface area contributed by atoms with Crippen molar-refractivity contribution in [3.05, 3.63) is 35.7 Å². The lowest BCUT2D eigenvalue weighted by Gasteiger charge is -2.07. The fourth-order valence-electron chi connectivity index (χ4n) is 2.58. The van der Waals surface area contributed by atoms with Crippen LogP contribution in [0, 0.1) is 0 Å². The predicted molar refractivity (Wildman–Crippen MR) is 85.5 cm³/mol. The van der Waals surface area contributed by atoms with Crippen LogP contribution in [0.1, 0.15) is 37.6 Å². The first kappa shape index (κ1) is 14.6. The van der Waals surface area contributed by atoms with Gasteiger partial charge in [-0.1, -0.05) is 25.5 Å². The van der Waals surface area contributed by atoms with E-state index in [1.165, 1.54) is 29.7 Å². The number of nitrogens with one attached hydrogen (secondary N) is 1. The molecule has 4 nitrogen and oxygen atoms in total. The van der Waals surface area contributed by atoms with Gasteiger partial charge in [-0.3, -0.25) is 0 Å². The number of hydrogen-bond donors (Lipinski definition) is 1. The average molecular weight is 302 g/mol. The summed E-state index contributed by atoms with van der Waals surface area (Å²) in [6.45, 7) is 5.12. The quantitative estimate of drug-likeness (QED) is 0.920. The molecule has 0 saturated heterocycles. The molecular weight excluding hydrogens is 280 g/mol. The highest BCUT2D eigenvalue weighted by molar-refractivity contribution is 7.99. The third kappa shape index (κ3) is 3.66. The molecule has 0 fully saturated rings. The van der Waals surface area contributed by atoms with Crippen molar-refractivity contribution in [1.29, 1.82) is 0 Å². The van der Waals surface area contributed by atoms with Crippen molar-refractivity contribution < 1.29 is 0 Å². The van der Waals surface area contributed by atoms with Gasteiger partial charge in [0, 0.05) is 24.4 Å². The molecule has 5 heteroatoms. The second kappa shape index (κ2) is 7.09. The van der Waals surface area contributed by atoms with E-state index < -0.39 is 0 Å². The van der Waals surface area contributed by atoms with E-state index in [2.05, 4.69) is 51.3 Å². The van der Waals surface area contributed by atoms with E-state index in [9.17, 15) is 0 Å². The summed E-state index contributed by atoms with van der Waals surface area (Å²) in [7, 11) is 0. The fourth-order valence-corrected chi connectivity index (χ4v) is 3.46. The Morgan fingerprint density at radius 1 is 1.14 bits per heavy atom. The van der Waals surface area contributed by atoms with Crippen LogP contribution < -0.4 is 5.32 Å². The lowest BCUT2D eigenvalue weighted by molar-refractivity contribution is 0.591. The van der Waals surface area contributed by atoms with Gasteiger partial charge in [0.05, 0.1) is 0 Å². The molecule has 1 N–H and O–H groups in total. The molecule has 1 aliphatic rings. The van der Waals surface area contributed by atoms with Crippen molar-refractivity contribution in [1.82, 2.24) is 20.1 Å². The van der Waals surface area contributed by atoms with E-state index in [-0.39, 0.29) is 0 Å². The van der Waals surface area contributed by atoms with Gasteiger partial charge in [-0.2, -0.15) is 0 Å². The zero-order valence-electron chi connectivity index (χ0n) is 12.5. The molecule has 112 valence electrons. The van der Waals surface area contributed by atoms with Crippen molar-refractivity contribution in [2.45, 2.75) is 55.7 Å². The summed E-state index contributed by atoms with van der Waals surface area (Å²) in [6.07, 6.45) is 4.84. The average Bonchev–Trinajstić information content (AvgIpc) is 2.74. The molecule has 0 bridgehead atoms. The van der Waals surface area contributed by atoms with Crippen LogP contribution in [0.15, 0.2) is 34.3 Å². The summed E-state index contributed by atoms with van der Waals surface area (Å²) in [5.74, 6) is 1.15. The standard InChI is InChI=1S/C16H22N4S/c1-2-17-12-13-7-9-14(10-8-13)21-16-19-18-15-6-4-3-5-11-20(15)16/h7-10,17H,2-6,11-12H2,1H3. The van der Waals surface area contributed by atoms with E-state index in [0.29, 0.717) is 0 Å². The van der Waals surface area contributed by atoms with E-state index >= 15 is 0 Å². The number of aryl methyl sites for hydroxylation is 1. The van der Waals surface area contributed by atoms with Crippen molar-refractivity contribution >= 4 is 11.8 Å². The van der Waals surface area contributed by atoms with Gasteiger partial charge < -0.3 is 9.88 Å². The molecule has 0 saturated carbocycles. The minimum Gasteiger partial charge on any atom is -0.313 e. The van der Waals surface area contributed by atoms with Gasteiger partial charge in [0.25, 0.3) is 0 Å². The second-order valence-electron chi connectivity index (χ2n) is 5.39. The topological polar surface area (TPSA) is 42.7 Å². The largest absolute Gasteiger partial charge is 0.313 e. The van der Waals surface area contributed by atoms with Crippen molar-refractivity contribution in [3.8, 4) is 0 Å². The van der Waals surface area contributed by atoms with Gasteiger partial charge in [-0.15, -0.1) is 10.2 Å². The highest BCUT2D eigenvalue weighted by Gasteiger charge is 2.15. The molecule has 1 aromatic carbocycles. The number of hydrogen-bond acceptors (Lipinski definition) is 4. The Labute approximate surface area is 130 Å². The summed E-state index contributed by atoms with van der Waals surface area (Å²) in [5.41, 5.74) is 1.32. The molecule has 1 aliphatic heterocycles. The van der Waals surface area contributed by atoms with Gasteiger partial charge in [-0.05, 0) is 48.8 Å². The highest BCUT2D eigenvalue weighted by Crippen LogP contribution is 2.28. The maximum absolute atomic E-state index is 4.37. The van der Waals surface area contributed by atoms with Crippen LogP contribution in [0.4, 0.5) is 0 Å². The lowest BCUT2D eigenvalue weighted by Crippen LogP contribution is -2.11. The summed E-state index contributed by atoms with van der Waals surface area (Å²) >= 11 is 1.72. The third-order valence-electron chi connectivity index (χ3n) is 3.79. The maximum Gasteiger partial charge on any atom is 0.196 e. The Morgan fingerprint density at radius 3 is 2.81 bits per heavy atom. The van der Waals surface area contributed by atoms with Crippen LogP contribution in [0.25, 0.3) is 0 Å². The summed E-state index contributed by atoms with van der Waals surface area (Å²) in [4.78, 5) is 1.23. The Balaban J connectivity index is 1.70. The number of rotatable bonds is 5. The summed E-state index contributed by atoms with van der Waals surface area (Å²) < 4.78 is 2.30. The smallest absolute Gasteiger partial charge is 0.196 e. The van der Waals surface area contributed by atoms with E-state index in [1.54, 1.807) is 11.8 Å². The third-order valence-corrected chi connectivity index (χ3v) is 4.78. The van der Waals surface area contributed by atoms with Crippen molar-refractivity contribution in [3.63, 3.8) is 0 Å². The predicted octanol–water partition coefficient (Wildman–Crippen LogP) is 3.27. The highest BCUT2D eigenvalue weighted by atomic mass is 32.2. The molecular formula is C16H22N4S. The van der Waals surface area contributed by atoms with Gasteiger partial charge in [0.2, 0.25) is 0 Å². The summed E-state index contributed by atoms with van der Waals surface area (Å²) in [6, 6.07) is 8.72. The number of aromatic nitrogens is 3. The Kier molecular flexibility index (Phi) is 4.93. The van der Waals surface area contributed by atoms with Crippen LogP contribution in [0.2, 0.25) is 0 Å². The molecule has 0 amide bonds. The Morgan fingerprint density at radius 2 is 2.00 bits per heavy atom. The van der Waals surface area contributed by atoms with Gasteiger partial charge in [0.15, 0.2) is 5.16 Å². The molecule has 0 aliphatic carbocycles. The molecule has 2 aromatic rings. The van der Waals surface area contributed by atoms with Gasteiger partial charge in [-0.25, -0.2) is 0 Å². The molecule has 21 heavy (non-hydrogen) atoms. The van der Waals surface area contributed by atoms with Gasteiger partial charge in [0.1, 0.15) is 5.82 Å². The van der Waals surface area contributed by atoms with E-state index in [1.807, 2.05) is 0 Å². The Bertz CT molecular complexity index is 576. The maximum atomic E-state index is 4.37. The van der Waals surface area contributed by atoms with Crippen LogP contribution in [-0.4, -0.2) is 21.3 Å². The monoisotopic (exact) mass is 302 g/mol. The van der Waals surface area contributed by atoms with Crippen LogP contribution in [-0.2, 0) is 19.5 Å². The van der Waals surface area contributed by atoms with Gasteiger partial charge >= 0.3 is 0 Å². The molecule has 3 rings (SSSR count). The molecule has 1 aromatic heterocycles. The minimum absolute atomic E-state index is 0.932.